The Balaban J connectivity index is 0.00000338. The molecule has 0 radical (unpaired) electrons. The first-order valence-corrected chi connectivity index (χ1v) is 8.02. The van der Waals surface area contributed by atoms with E-state index >= 15 is 0 Å². The molecule has 0 aliphatic heterocycles. The summed E-state index contributed by atoms with van der Waals surface area (Å²) in [5, 5.41) is 3.20. The number of benzene rings is 2. The molecule has 4 nitrogen and oxygen atoms in total. The summed E-state index contributed by atoms with van der Waals surface area (Å²) in [6, 6.07) is 11.3. The lowest BCUT2D eigenvalue weighted by molar-refractivity contribution is 0.396. The SMILES string of the molecule is CN=C(NCCc1cc(F)cc(F)c1)N(C)Cc1ccccc1OC.I. The predicted octanol–water partition coefficient (Wildman–Crippen LogP) is 3.84. The first-order valence-electron chi connectivity index (χ1n) is 8.02. The minimum atomic E-state index is -0.562. The van der Waals surface area contributed by atoms with Crippen LogP contribution in [-0.4, -0.2) is 38.6 Å². The van der Waals surface area contributed by atoms with E-state index in [9.17, 15) is 8.78 Å². The number of aliphatic imine (C=N–C) groups is 1. The molecular weight excluding hydrogens is 451 g/mol. The number of methoxy groups -OCH3 is 1. The van der Waals surface area contributed by atoms with Gasteiger partial charge in [0.25, 0.3) is 0 Å². The van der Waals surface area contributed by atoms with Gasteiger partial charge in [0, 0.05) is 38.8 Å². The summed E-state index contributed by atoms with van der Waals surface area (Å²) >= 11 is 0. The highest BCUT2D eigenvalue weighted by Gasteiger charge is 2.10. The van der Waals surface area contributed by atoms with E-state index in [1.165, 1.54) is 12.1 Å². The molecule has 0 heterocycles. The number of nitrogens with one attached hydrogen (secondary N) is 1. The molecule has 2 aromatic rings. The molecule has 26 heavy (non-hydrogen) atoms. The van der Waals surface area contributed by atoms with E-state index < -0.39 is 11.6 Å². The number of rotatable bonds is 6. The van der Waals surface area contributed by atoms with Gasteiger partial charge in [-0.05, 0) is 30.2 Å². The Morgan fingerprint density at radius 2 is 1.81 bits per heavy atom. The molecule has 0 saturated carbocycles. The molecule has 2 aromatic carbocycles. The first-order chi connectivity index (χ1) is 12.0. The number of guanidine groups is 1. The van der Waals surface area contributed by atoms with Gasteiger partial charge in [-0.1, -0.05) is 18.2 Å². The van der Waals surface area contributed by atoms with Gasteiger partial charge in [0.1, 0.15) is 17.4 Å². The van der Waals surface area contributed by atoms with Crippen molar-refractivity contribution in [3.8, 4) is 5.75 Å². The van der Waals surface area contributed by atoms with Crippen LogP contribution in [0.4, 0.5) is 8.78 Å². The van der Waals surface area contributed by atoms with Crippen molar-refractivity contribution in [3.05, 3.63) is 65.2 Å². The second-order valence-electron chi connectivity index (χ2n) is 5.67. The minimum absolute atomic E-state index is 0. The average molecular weight is 475 g/mol. The van der Waals surface area contributed by atoms with Crippen molar-refractivity contribution in [1.29, 1.82) is 0 Å². The summed E-state index contributed by atoms with van der Waals surface area (Å²) in [5.74, 6) is 0.392. The van der Waals surface area contributed by atoms with Crippen LogP contribution in [-0.2, 0) is 13.0 Å². The van der Waals surface area contributed by atoms with Gasteiger partial charge in [0.15, 0.2) is 5.96 Å². The van der Waals surface area contributed by atoms with Gasteiger partial charge in [-0.25, -0.2) is 8.78 Å². The standard InChI is InChI=1S/C19H23F2N3O.HI/c1-22-19(23-9-8-14-10-16(20)12-17(21)11-14)24(2)13-15-6-4-5-7-18(15)25-3;/h4-7,10-12H,8-9,13H2,1-3H3,(H,22,23);1H. The first kappa shape index (κ1) is 22.1. The normalized spacial score (nSPS) is 10.9. The van der Waals surface area contributed by atoms with Crippen molar-refractivity contribution >= 4 is 29.9 Å². The van der Waals surface area contributed by atoms with Crippen LogP contribution < -0.4 is 10.1 Å². The van der Waals surface area contributed by atoms with Gasteiger partial charge in [0.05, 0.1) is 7.11 Å². The lowest BCUT2D eigenvalue weighted by atomic mass is 10.1. The van der Waals surface area contributed by atoms with E-state index in [1.807, 2.05) is 36.2 Å². The van der Waals surface area contributed by atoms with Gasteiger partial charge >= 0.3 is 0 Å². The number of hydrogen-bond acceptors (Lipinski definition) is 2. The van der Waals surface area contributed by atoms with E-state index in [4.69, 9.17) is 4.74 Å². The van der Waals surface area contributed by atoms with Crippen LogP contribution in [0, 0.1) is 11.6 Å². The van der Waals surface area contributed by atoms with Gasteiger partial charge in [0.2, 0.25) is 0 Å². The van der Waals surface area contributed by atoms with Crippen LogP contribution in [0.5, 0.6) is 5.75 Å². The second kappa shape index (κ2) is 10.9. The summed E-state index contributed by atoms with van der Waals surface area (Å²) in [6.45, 7) is 1.14. The Hall–Kier alpha value is -1.90. The summed E-state index contributed by atoms with van der Waals surface area (Å²) < 4.78 is 31.8. The highest BCUT2D eigenvalue weighted by atomic mass is 127. The van der Waals surface area contributed by atoms with E-state index in [1.54, 1.807) is 14.2 Å². The van der Waals surface area contributed by atoms with Crippen molar-refractivity contribution in [2.45, 2.75) is 13.0 Å². The zero-order valence-electron chi connectivity index (χ0n) is 15.1. The maximum absolute atomic E-state index is 13.2. The smallest absolute Gasteiger partial charge is 0.193 e. The minimum Gasteiger partial charge on any atom is -0.496 e. The Morgan fingerprint density at radius 3 is 2.42 bits per heavy atom. The molecule has 2 rings (SSSR count). The summed E-state index contributed by atoms with van der Waals surface area (Å²) in [7, 11) is 5.26. The zero-order chi connectivity index (χ0) is 18.2. The molecule has 0 aliphatic carbocycles. The summed E-state index contributed by atoms with van der Waals surface area (Å²) in [6.07, 6.45) is 0.496. The second-order valence-corrected chi connectivity index (χ2v) is 5.67. The highest BCUT2D eigenvalue weighted by molar-refractivity contribution is 14.0. The van der Waals surface area contributed by atoms with Crippen molar-refractivity contribution in [2.24, 2.45) is 4.99 Å². The molecule has 7 heteroatoms. The predicted molar refractivity (Wildman–Crippen MR) is 111 cm³/mol. The number of para-hydroxylation sites is 1. The molecule has 142 valence electrons. The fourth-order valence-electron chi connectivity index (χ4n) is 2.62. The molecule has 0 unspecified atom stereocenters. The molecule has 1 N–H and O–H groups in total. The lowest BCUT2D eigenvalue weighted by Gasteiger charge is -2.23. The zero-order valence-corrected chi connectivity index (χ0v) is 17.5. The number of ether oxygens (including phenoxy) is 1. The van der Waals surface area contributed by atoms with Crippen molar-refractivity contribution in [2.75, 3.05) is 27.7 Å². The lowest BCUT2D eigenvalue weighted by Crippen LogP contribution is -2.39. The van der Waals surface area contributed by atoms with E-state index in [-0.39, 0.29) is 24.0 Å². The van der Waals surface area contributed by atoms with E-state index in [2.05, 4.69) is 10.3 Å². The molecule has 0 amide bonds. The third kappa shape index (κ3) is 6.44. The fourth-order valence-corrected chi connectivity index (χ4v) is 2.62. The van der Waals surface area contributed by atoms with Crippen LogP contribution in [0.1, 0.15) is 11.1 Å². The molecule has 0 atom stereocenters. The van der Waals surface area contributed by atoms with Crippen LogP contribution in [0.2, 0.25) is 0 Å². The monoisotopic (exact) mass is 475 g/mol. The van der Waals surface area contributed by atoms with Crippen LogP contribution >= 0.6 is 24.0 Å². The maximum Gasteiger partial charge on any atom is 0.193 e. The molecule has 0 saturated heterocycles. The van der Waals surface area contributed by atoms with Gasteiger partial charge in [-0.2, -0.15) is 0 Å². The highest BCUT2D eigenvalue weighted by Crippen LogP contribution is 2.18. The molecule has 0 aliphatic rings. The summed E-state index contributed by atoms with van der Waals surface area (Å²) in [4.78, 5) is 6.21. The third-order valence-corrected chi connectivity index (χ3v) is 3.79. The van der Waals surface area contributed by atoms with E-state index in [0.717, 1.165) is 17.4 Å². The van der Waals surface area contributed by atoms with Gasteiger partial charge < -0.3 is 15.0 Å². The number of nitrogens with zero attached hydrogens (tertiary/aromatic N) is 2. The topological polar surface area (TPSA) is 36.9 Å². The van der Waals surface area contributed by atoms with Crippen LogP contribution in [0.25, 0.3) is 0 Å². The maximum atomic E-state index is 13.2. The molecule has 0 bridgehead atoms. The molecule has 0 aromatic heterocycles. The summed E-state index contributed by atoms with van der Waals surface area (Å²) in [5.41, 5.74) is 1.65. The Morgan fingerprint density at radius 1 is 1.15 bits per heavy atom. The van der Waals surface area contributed by atoms with E-state index in [0.29, 0.717) is 31.0 Å². The number of hydrogen-bond donors (Lipinski definition) is 1. The van der Waals surface area contributed by atoms with Crippen molar-refractivity contribution in [3.63, 3.8) is 0 Å². The molecule has 0 spiro atoms. The average Bonchev–Trinajstić information content (AvgIpc) is 2.58. The van der Waals surface area contributed by atoms with Crippen molar-refractivity contribution in [1.82, 2.24) is 10.2 Å². The number of halogens is 3. The Labute approximate surface area is 170 Å². The molecular formula is C19H24F2IN3O. The van der Waals surface area contributed by atoms with Gasteiger partial charge in [-0.3, -0.25) is 4.99 Å². The quantitative estimate of drug-likeness (QED) is 0.392. The third-order valence-electron chi connectivity index (χ3n) is 3.79. The Kier molecular flexibility index (Phi) is 9.32. The van der Waals surface area contributed by atoms with Crippen LogP contribution in [0.15, 0.2) is 47.5 Å². The largest absolute Gasteiger partial charge is 0.496 e. The van der Waals surface area contributed by atoms with Crippen molar-refractivity contribution < 1.29 is 13.5 Å². The molecule has 0 fully saturated rings. The van der Waals surface area contributed by atoms with Crippen LogP contribution in [0.3, 0.4) is 0 Å². The Bertz CT molecular complexity index is 720. The van der Waals surface area contributed by atoms with Gasteiger partial charge in [-0.15, -0.1) is 24.0 Å². The fraction of sp³-hybridized carbons (Fsp3) is 0.316.